The molecule has 186 valence electrons. The Morgan fingerprint density at radius 2 is 1.78 bits per heavy atom. The Morgan fingerprint density at radius 1 is 1.14 bits per heavy atom. The predicted octanol–water partition coefficient (Wildman–Crippen LogP) is 2.60. The van der Waals surface area contributed by atoms with Crippen LogP contribution in [0.1, 0.15) is 34.1 Å². The number of rotatable bonds is 9. The first-order valence-corrected chi connectivity index (χ1v) is 10.8. The third-order valence-electron chi connectivity index (χ3n) is 5.12. The highest BCUT2D eigenvalue weighted by atomic mass is 16.5. The molecule has 1 heterocycles. The van der Waals surface area contributed by atoms with Gasteiger partial charge in [-0.1, -0.05) is 0 Å². The lowest BCUT2D eigenvalue weighted by Gasteiger charge is -2.12. The Balaban J connectivity index is 1.93. The van der Waals surface area contributed by atoms with E-state index in [4.69, 9.17) is 18.9 Å². The number of amides is 1. The fraction of sp³-hybridized carbons (Fsp3) is 0.240. The molecule has 0 spiro atoms. The van der Waals surface area contributed by atoms with Crippen molar-refractivity contribution in [2.24, 2.45) is 5.10 Å². The number of aromatic nitrogens is 2. The molecule has 3 rings (SSSR count). The zero-order valence-corrected chi connectivity index (χ0v) is 20.5. The maximum Gasteiger partial charge on any atom is 0.292 e. The van der Waals surface area contributed by atoms with E-state index in [2.05, 4.69) is 15.6 Å². The van der Waals surface area contributed by atoms with Crippen molar-refractivity contribution < 1.29 is 23.7 Å². The number of methoxy groups -OCH3 is 3. The largest absolute Gasteiger partial charge is 0.494 e. The first-order chi connectivity index (χ1) is 17.4. The number of carbonyl (C=O) groups is 1. The summed E-state index contributed by atoms with van der Waals surface area (Å²) in [4.78, 5) is 25.7. The fourth-order valence-electron chi connectivity index (χ4n) is 3.37. The van der Waals surface area contributed by atoms with Gasteiger partial charge in [-0.3, -0.25) is 9.59 Å². The van der Waals surface area contributed by atoms with Gasteiger partial charge in [-0.05, 0) is 50.2 Å². The number of ether oxygens (including phenoxy) is 4. The van der Waals surface area contributed by atoms with Crippen LogP contribution in [0.3, 0.4) is 0 Å². The first kappa shape index (κ1) is 25.8. The maximum atomic E-state index is 12.9. The Labute approximate surface area is 207 Å². The number of nitrogens with one attached hydrogen (secondary N) is 1. The summed E-state index contributed by atoms with van der Waals surface area (Å²) in [7, 11) is 4.47. The average Bonchev–Trinajstić information content (AvgIpc) is 2.89. The van der Waals surface area contributed by atoms with Gasteiger partial charge in [0.15, 0.2) is 17.2 Å². The van der Waals surface area contributed by atoms with E-state index in [1.807, 2.05) is 13.0 Å². The molecule has 11 nitrogen and oxygen atoms in total. The van der Waals surface area contributed by atoms with Gasteiger partial charge in [0, 0.05) is 11.1 Å². The van der Waals surface area contributed by atoms with Gasteiger partial charge in [0.1, 0.15) is 17.4 Å². The van der Waals surface area contributed by atoms with E-state index in [0.29, 0.717) is 40.9 Å². The Morgan fingerprint density at radius 3 is 2.31 bits per heavy atom. The van der Waals surface area contributed by atoms with Crippen molar-refractivity contribution >= 4 is 12.1 Å². The van der Waals surface area contributed by atoms with Gasteiger partial charge in [-0.2, -0.15) is 20.1 Å². The van der Waals surface area contributed by atoms with Crippen LogP contribution in [0.15, 0.2) is 46.3 Å². The molecule has 1 aromatic heterocycles. The van der Waals surface area contributed by atoms with Crippen molar-refractivity contribution in [3.63, 3.8) is 0 Å². The number of nitriles is 1. The molecular formula is C25H25N5O6. The summed E-state index contributed by atoms with van der Waals surface area (Å²) in [6.45, 7) is 3.82. The zero-order valence-electron chi connectivity index (χ0n) is 20.5. The van der Waals surface area contributed by atoms with Crippen LogP contribution in [-0.4, -0.2) is 49.8 Å². The summed E-state index contributed by atoms with van der Waals surface area (Å²) in [5.74, 6) is 1.17. The molecule has 2 aromatic carbocycles. The van der Waals surface area contributed by atoms with Crippen molar-refractivity contribution in [3.8, 4) is 34.8 Å². The summed E-state index contributed by atoms with van der Waals surface area (Å²) in [6.07, 6.45) is 1.38. The molecule has 0 saturated carbocycles. The normalized spacial score (nSPS) is 10.6. The maximum absolute atomic E-state index is 12.9. The first-order valence-electron chi connectivity index (χ1n) is 10.8. The minimum Gasteiger partial charge on any atom is -0.494 e. The minimum atomic E-state index is -0.702. The predicted molar refractivity (Wildman–Crippen MR) is 132 cm³/mol. The average molecular weight is 492 g/mol. The molecule has 3 aromatic rings. The van der Waals surface area contributed by atoms with Gasteiger partial charge in [0.05, 0.1) is 39.8 Å². The Kier molecular flexibility index (Phi) is 8.25. The fourth-order valence-corrected chi connectivity index (χ4v) is 3.37. The molecule has 11 heteroatoms. The molecule has 0 radical (unpaired) electrons. The molecule has 0 aliphatic heterocycles. The highest BCUT2D eigenvalue weighted by Crippen LogP contribution is 2.37. The molecule has 0 atom stereocenters. The van der Waals surface area contributed by atoms with Gasteiger partial charge in [0.2, 0.25) is 5.75 Å². The van der Waals surface area contributed by atoms with Crippen LogP contribution < -0.4 is 29.9 Å². The monoisotopic (exact) mass is 491 g/mol. The van der Waals surface area contributed by atoms with E-state index in [1.165, 1.54) is 34.5 Å². The number of nitrogens with zero attached hydrogens (tertiary/aromatic N) is 4. The molecule has 36 heavy (non-hydrogen) atoms. The molecule has 0 fully saturated rings. The highest BCUT2D eigenvalue weighted by Gasteiger charge is 2.20. The topological polar surface area (TPSA) is 137 Å². The van der Waals surface area contributed by atoms with Crippen LogP contribution in [0.25, 0.3) is 5.69 Å². The van der Waals surface area contributed by atoms with Crippen LogP contribution in [0.5, 0.6) is 23.0 Å². The molecule has 0 bridgehead atoms. The van der Waals surface area contributed by atoms with E-state index in [0.717, 1.165) is 4.68 Å². The molecule has 0 aliphatic carbocycles. The second kappa shape index (κ2) is 11.5. The number of hydrogen-bond acceptors (Lipinski definition) is 9. The van der Waals surface area contributed by atoms with Gasteiger partial charge < -0.3 is 18.9 Å². The second-order valence-corrected chi connectivity index (χ2v) is 7.26. The quantitative estimate of drug-likeness (QED) is 0.356. The lowest BCUT2D eigenvalue weighted by atomic mass is 10.1. The van der Waals surface area contributed by atoms with Gasteiger partial charge in [-0.15, -0.1) is 0 Å². The summed E-state index contributed by atoms with van der Waals surface area (Å²) >= 11 is 0. The van der Waals surface area contributed by atoms with Crippen LogP contribution >= 0.6 is 0 Å². The highest BCUT2D eigenvalue weighted by molar-refractivity contribution is 5.94. The Bertz CT molecular complexity index is 1360. The van der Waals surface area contributed by atoms with Crippen LogP contribution in [0.4, 0.5) is 0 Å². The van der Waals surface area contributed by atoms with Gasteiger partial charge >= 0.3 is 0 Å². The van der Waals surface area contributed by atoms with E-state index < -0.39 is 11.5 Å². The van der Waals surface area contributed by atoms with Crippen LogP contribution in [0, 0.1) is 18.3 Å². The number of benzene rings is 2. The Hall–Kier alpha value is -4.85. The summed E-state index contributed by atoms with van der Waals surface area (Å²) in [5, 5.41) is 17.7. The zero-order chi connectivity index (χ0) is 26.2. The summed E-state index contributed by atoms with van der Waals surface area (Å²) in [6, 6.07) is 11.7. The van der Waals surface area contributed by atoms with E-state index >= 15 is 0 Å². The number of hydrogen-bond donors (Lipinski definition) is 1. The lowest BCUT2D eigenvalue weighted by Crippen LogP contribution is -2.31. The number of hydrazone groups is 1. The minimum absolute atomic E-state index is 0.123. The third kappa shape index (κ3) is 5.28. The molecule has 0 aliphatic rings. The lowest BCUT2D eigenvalue weighted by molar-refractivity contribution is 0.0947. The van der Waals surface area contributed by atoms with Gasteiger partial charge in [-0.25, -0.2) is 5.43 Å². The van der Waals surface area contributed by atoms with Crippen molar-refractivity contribution in [2.45, 2.75) is 13.8 Å². The molecular weight excluding hydrogens is 466 g/mol. The van der Waals surface area contributed by atoms with Crippen molar-refractivity contribution in [3.05, 3.63) is 69.1 Å². The van der Waals surface area contributed by atoms with Crippen LogP contribution in [-0.2, 0) is 0 Å². The van der Waals surface area contributed by atoms with Gasteiger partial charge in [0.25, 0.3) is 11.5 Å². The van der Waals surface area contributed by atoms with E-state index in [-0.39, 0.29) is 16.8 Å². The van der Waals surface area contributed by atoms with E-state index in [9.17, 15) is 14.9 Å². The standard InChI is InChI=1S/C25H25N5O6/c1-6-36-18-9-7-17(8-10-18)30-25(32)19(13-26)15(2)22(29-30)24(31)28-27-14-16-11-20(33-3)23(35-5)21(12-16)34-4/h7-12,14H,6H2,1-5H3,(H,28,31)/b27-14+. The van der Waals surface area contributed by atoms with Crippen LogP contribution in [0.2, 0.25) is 0 Å². The van der Waals surface area contributed by atoms with E-state index in [1.54, 1.807) is 36.4 Å². The van der Waals surface area contributed by atoms with Crippen molar-refractivity contribution in [2.75, 3.05) is 27.9 Å². The molecule has 0 saturated heterocycles. The second-order valence-electron chi connectivity index (χ2n) is 7.26. The van der Waals surface area contributed by atoms with Crippen molar-refractivity contribution in [1.82, 2.24) is 15.2 Å². The van der Waals surface area contributed by atoms with Crippen molar-refractivity contribution in [1.29, 1.82) is 5.26 Å². The molecule has 1 amide bonds. The third-order valence-corrected chi connectivity index (χ3v) is 5.12. The molecule has 1 N–H and O–H groups in total. The smallest absolute Gasteiger partial charge is 0.292 e. The SMILES string of the molecule is CCOc1ccc(-n2nc(C(=O)N/N=C/c3cc(OC)c(OC)c(OC)c3)c(C)c(C#N)c2=O)cc1. The summed E-state index contributed by atoms with van der Waals surface area (Å²) < 4.78 is 22.3. The number of carbonyl (C=O) groups excluding carboxylic acids is 1. The summed E-state index contributed by atoms with van der Waals surface area (Å²) in [5.41, 5.74) is 2.49. The molecule has 0 unspecified atom stereocenters.